The fraction of sp³-hybridized carbons (Fsp3) is 0.385. The third kappa shape index (κ3) is 2.80. The molecule has 1 unspecified atom stereocenters. The maximum Gasteiger partial charge on any atom is 0.134 e. The fourth-order valence-electron chi connectivity index (χ4n) is 1.86. The minimum absolute atomic E-state index is 0.245. The van der Waals surface area contributed by atoms with E-state index in [-0.39, 0.29) is 6.04 Å². The molecule has 0 aliphatic rings. The van der Waals surface area contributed by atoms with E-state index in [1.165, 1.54) is 0 Å². The van der Waals surface area contributed by atoms with E-state index in [9.17, 15) is 0 Å². The van der Waals surface area contributed by atoms with Crippen LogP contribution in [0, 0.1) is 6.92 Å². The van der Waals surface area contributed by atoms with Crippen LogP contribution in [-0.2, 0) is 6.42 Å². The second kappa shape index (κ2) is 5.53. The van der Waals surface area contributed by atoms with Crippen molar-refractivity contribution in [2.75, 3.05) is 17.7 Å². The van der Waals surface area contributed by atoms with Crippen molar-refractivity contribution in [3.63, 3.8) is 0 Å². The molecule has 0 radical (unpaired) electrons. The highest BCUT2D eigenvalue weighted by Gasteiger charge is 2.10. The molecule has 0 fully saturated rings. The Balaban J connectivity index is 2.05. The second-order valence-electron chi connectivity index (χ2n) is 4.27. The second-order valence-corrected chi connectivity index (χ2v) is 4.27. The number of aromatic nitrogens is 2. The first-order chi connectivity index (χ1) is 8.70. The van der Waals surface area contributed by atoms with Gasteiger partial charge in [-0.3, -0.25) is 0 Å². The Hall–Kier alpha value is -2.04. The number of hydrogen-bond donors (Lipinski definition) is 2. The van der Waals surface area contributed by atoms with E-state index in [4.69, 9.17) is 4.42 Å². The molecule has 2 rings (SSSR count). The first-order valence-corrected chi connectivity index (χ1v) is 5.99. The topological polar surface area (TPSA) is 63.0 Å². The van der Waals surface area contributed by atoms with E-state index in [0.717, 1.165) is 29.4 Å². The summed E-state index contributed by atoms with van der Waals surface area (Å²) in [5.74, 6) is 2.67. The highest BCUT2D eigenvalue weighted by molar-refractivity contribution is 5.56. The van der Waals surface area contributed by atoms with E-state index >= 15 is 0 Å². The minimum Gasteiger partial charge on any atom is -0.469 e. The lowest BCUT2D eigenvalue weighted by molar-refractivity contribution is 0.497. The zero-order valence-corrected chi connectivity index (χ0v) is 10.9. The van der Waals surface area contributed by atoms with Crippen molar-refractivity contribution >= 4 is 11.6 Å². The van der Waals surface area contributed by atoms with Crippen molar-refractivity contribution in [1.82, 2.24) is 9.97 Å². The third-order valence-corrected chi connectivity index (χ3v) is 2.79. The highest BCUT2D eigenvalue weighted by atomic mass is 16.3. The van der Waals surface area contributed by atoms with E-state index in [1.807, 2.05) is 26.1 Å². The van der Waals surface area contributed by atoms with Gasteiger partial charge < -0.3 is 15.1 Å². The Morgan fingerprint density at radius 2 is 2.11 bits per heavy atom. The first-order valence-electron chi connectivity index (χ1n) is 5.99. The maximum atomic E-state index is 5.33. The monoisotopic (exact) mass is 246 g/mol. The maximum absolute atomic E-state index is 5.33. The van der Waals surface area contributed by atoms with Crippen LogP contribution in [0.1, 0.15) is 18.2 Å². The number of anilines is 2. The van der Waals surface area contributed by atoms with Crippen molar-refractivity contribution in [3.05, 3.63) is 36.0 Å². The molecule has 0 saturated carbocycles. The number of nitrogens with zero attached hydrogens (tertiary/aromatic N) is 2. The molecule has 2 N–H and O–H groups in total. The number of nitrogens with one attached hydrogen (secondary N) is 2. The van der Waals surface area contributed by atoms with Gasteiger partial charge >= 0.3 is 0 Å². The summed E-state index contributed by atoms with van der Waals surface area (Å²) in [6.07, 6.45) is 4.07. The van der Waals surface area contributed by atoms with Gasteiger partial charge in [0, 0.05) is 25.1 Å². The minimum atomic E-state index is 0.245. The van der Waals surface area contributed by atoms with Crippen molar-refractivity contribution in [2.24, 2.45) is 0 Å². The Labute approximate surface area is 107 Å². The number of rotatable bonds is 5. The lowest BCUT2D eigenvalue weighted by Crippen LogP contribution is -2.19. The van der Waals surface area contributed by atoms with Crippen LogP contribution in [0.3, 0.4) is 0 Å². The van der Waals surface area contributed by atoms with E-state index in [1.54, 1.807) is 12.6 Å². The molecule has 5 heteroatoms. The zero-order valence-electron chi connectivity index (χ0n) is 10.9. The molecule has 0 aliphatic heterocycles. The van der Waals surface area contributed by atoms with Crippen molar-refractivity contribution in [2.45, 2.75) is 26.3 Å². The molecule has 1 atom stereocenters. The van der Waals surface area contributed by atoms with Gasteiger partial charge in [0.15, 0.2) is 0 Å². The Morgan fingerprint density at radius 1 is 1.33 bits per heavy atom. The van der Waals surface area contributed by atoms with Gasteiger partial charge in [-0.05, 0) is 26.0 Å². The quantitative estimate of drug-likeness (QED) is 0.848. The van der Waals surface area contributed by atoms with Gasteiger partial charge in [0.1, 0.15) is 23.7 Å². The molecule has 2 heterocycles. The van der Waals surface area contributed by atoms with Crippen LogP contribution in [0.2, 0.25) is 0 Å². The molecule has 0 aromatic carbocycles. The van der Waals surface area contributed by atoms with E-state index in [2.05, 4.69) is 27.5 Å². The summed E-state index contributed by atoms with van der Waals surface area (Å²) in [5, 5.41) is 6.42. The SMILES string of the molecule is CNc1ncnc(NC(C)Cc2ccco2)c1C. The smallest absolute Gasteiger partial charge is 0.134 e. The Bertz CT molecular complexity index is 496. The zero-order chi connectivity index (χ0) is 13.0. The fourth-order valence-corrected chi connectivity index (χ4v) is 1.86. The van der Waals surface area contributed by atoms with Crippen molar-refractivity contribution in [1.29, 1.82) is 0 Å². The summed E-state index contributed by atoms with van der Waals surface area (Å²) in [5.41, 5.74) is 1.02. The molecule has 2 aromatic heterocycles. The molecule has 0 spiro atoms. The summed E-state index contributed by atoms with van der Waals surface area (Å²) < 4.78 is 5.33. The van der Waals surface area contributed by atoms with Gasteiger partial charge in [-0.2, -0.15) is 0 Å². The van der Waals surface area contributed by atoms with Crippen LogP contribution in [0.15, 0.2) is 29.1 Å². The van der Waals surface area contributed by atoms with E-state index < -0.39 is 0 Å². The average Bonchev–Trinajstić information content (AvgIpc) is 2.84. The Kier molecular flexibility index (Phi) is 3.82. The molecule has 18 heavy (non-hydrogen) atoms. The number of hydrogen-bond acceptors (Lipinski definition) is 5. The lowest BCUT2D eigenvalue weighted by atomic mass is 10.2. The van der Waals surface area contributed by atoms with Crippen molar-refractivity contribution in [3.8, 4) is 0 Å². The number of furan rings is 1. The van der Waals surface area contributed by atoms with Crippen LogP contribution < -0.4 is 10.6 Å². The van der Waals surface area contributed by atoms with Crippen molar-refractivity contribution < 1.29 is 4.42 Å². The summed E-state index contributed by atoms with van der Waals surface area (Å²) in [7, 11) is 1.85. The molecule has 2 aromatic rings. The van der Waals surface area contributed by atoms with Crippen LogP contribution in [0.5, 0.6) is 0 Å². The standard InChI is InChI=1S/C13H18N4O/c1-9(7-11-5-4-6-18-11)17-13-10(2)12(14-3)15-8-16-13/h4-6,8-9H,7H2,1-3H3,(H2,14,15,16,17). The lowest BCUT2D eigenvalue weighted by Gasteiger charge is -2.16. The van der Waals surface area contributed by atoms with Crippen LogP contribution >= 0.6 is 0 Å². The highest BCUT2D eigenvalue weighted by Crippen LogP contribution is 2.19. The van der Waals surface area contributed by atoms with Gasteiger partial charge in [0.05, 0.1) is 6.26 Å². The average molecular weight is 246 g/mol. The molecule has 96 valence electrons. The predicted octanol–water partition coefficient (Wildman–Crippen LogP) is 2.46. The van der Waals surface area contributed by atoms with Gasteiger partial charge in [-0.25, -0.2) is 9.97 Å². The summed E-state index contributed by atoms with van der Waals surface area (Å²) in [4.78, 5) is 8.42. The molecule has 5 nitrogen and oxygen atoms in total. The largest absolute Gasteiger partial charge is 0.469 e. The normalized spacial score (nSPS) is 12.2. The molecule has 0 bridgehead atoms. The summed E-state index contributed by atoms with van der Waals surface area (Å²) in [6, 6.07) is 4.12. The first kappa shape index (κ1) is 12.4. The predicted molar refractivity (Wildman–Crippen MR) is 71.8 cm³/mol. The van der Waals surface area contributed by atoms with Gasteiger partial charge in [0.2, 0.25) is 0 Å². The van der Waals surface area contributed by atoms with Crippen LogP contribution in [0.4, 0.5) is 11.6 Å². The van der Waals surface area contributed by atoms with Crippen LogP contribution in [0.25, 0.3) is 0 Å². The summed E-state index contributed by atoms with van der Waals surface area (Å²) in [6.45, 7) is 4.09. The molecular weight excluding hydrogens is 228 g/mol. The van der Waals surface area contributed by atoms with Gasteiger partial charge in [-0.1, -0.05) is 0 Å². The van der Waals surface area contributed by atoms with Gasteiger partial charge in [-0.15, -0.1) is 0 Å². The molecular formula is C13H18N4O. The van der Waals surface area contributed by atoms with Crippen LogP contribution in [-0.4, -0.2) is 23.1 Å². The third-order valence-electron chi connectivity index (χ3n) is 2.79. The Morgan fingerprint density at radius 3 is 2.78 bits per heavy atom. The molecule has 0 saturated heterocycles. The van der Waals surface area contributed by atoms with Gasteiger partial charge in [0.25, 0.3) is 0 Å². The van der Waals surface area contributed by atoms with E-state index in [0.29, 0.717) is 0 Å². The summed E-state index contributed by atoms with van der Waals surface area (Å²) >= 11 is 0. The molecule has 0 aliphatic carbocycles. The molecule has 0 amide bonds.